The Labute approximate surface area is 122 Å². The number of nitrogens with two attached hydrogens (primary N) is 1. The second kappa shape index (κ2) is 7.46. The van der Waals surface area contributed by atoms with Gasteiger partial charge in [-0.1, -0.05) is 47.0 Å². The number of hydrogen-bond donors (Lipinski definition) is 2. The average molecular weight is 322 g/mol. The minimum Gasteiger partial charge on any atom is -0.342 e. The van der Waals surface area contributed by atoms with Gasteiger partial charge in [0.05, 0.1) is 11.9 Å². The van der Waals surface area contributed by atoms with Gasteiger partial charge >= 0.3 is 0 Å². The summed E-state index contributed by atoms with van der Waals surface area (Å²) in [6.07, 6.45) is 7.66. The number of aromatic amines is 1. The van der Waals surface area contributed by atoms with Crippen molar-refractivity contribution in [3.8, 4) is 11.3 Å². The van der Waals surface area contributed by atoms with E-state index in [1.165, 1.54) is 19.3 Å². The molecule has 0 atom stereocenters. The number of nitrogens with one attached hydrogen (secondary N) is 1. The summed E-state index contributed by atoms with van der Waals surface area (Å²) in [5.41, 5.74) is 7.71. The number of H-pyrrole nitrogens is 1. The highest BCUT2D eigenvalue weighted by Crippen LogP contribution is 2.26. The summed E-state index contributed by atoms with van der Waals surface area (Å²) in [6, 6.07) is 8.18. The Kier molecular flexibility index (Phi) is 5.61. The maximum Gasteiger partial charge on any atom is 0.106 e. The molecule has 2 aromatic rings. The smallest absolute Gasteiger partial charge is 0.106 e. The lowest BCUT2D eigenvalue weighted by Crippen LogP contribution is -1.98. The molecule has 0 bridgehead atoms. The minimum atomic E-state index is 0.799. The molecular weight excluding hydrogens is 302 g/mol. The van der Waals surface area contributed by atoms with Crippen LogP contribution in [0.3, 0.4) is 0 Å². The largest absolute Gasteiger partial charge is 0.342 e. The summed E-state index contributed by atoms with van der Waals surface area (Å²) in [5, 5.41) is 0. The fraction of sp³-hybridized carbons (Fsp3) is 0.400. The Bertz CT molecular complexity index is 508. The first-order valence-electron chi connectivity index (χ1n) is 6.80. The van der Waals surface area contributed by atoms with Crippen LogP contribution in [-0.4, -0.2) is 16.5 Å². The molecule has 19 heavy (non-hydrogen) atoms. The van der Waals surface area contributed by atoms with E-state index in [1.807, 2.05) is 24.4 Å². The van der Waals surface area contributed by atoms with Crippen LogP contribution in [0.25, 0.3) is 11.3 Å². The lowest BCUT2D eigenvalue weighted by Gasteiger charge is -2.01. The van der Waals surface area contributed by atoms with Gasteiger partial charge in [0.2, 0.25) is 0 Å². The SMILES string of the molecule is NCCCCCCc1ncc(-c2ccccc2Br)[nH]1. The number of aryl methyl sites for hydroxylation is 1. The first kappa shape index (κ1) is 14.3. The third-order valence-corrected chi connectivity index (χ3v) is 3.85. The number of rotatable bonds is 7. The average Bonchev–Trinajstić information content (AvgIpc) is 2.88. The molecule has 0 aliphatic rings. The number of nitrogens with zero attached hydrogens (tertiary/aromatic N) is 1. The van der Waals surface area contributed by atoms with Crippen molar-refractivity contribution in [3.63, 3.8) is 0 Å². The van der Waals surface area contributed by atoms with Gasteiger partial charge in [-0.25, -0.2) is 4.98 Å². The molecule has 0 spiro atoms. The lowest BCUT2D eigenvalue weighted by atomic mass is 10.1. The Balaban J connectivity index is 1.91. The van der Waals surface area contributed by atoms with Crippen molar-refractivity contribution in [2.75, 3.05) is 6.54 Å². The second-order valence-electron chi connectivity index (χ2n) is 4.68. The zero-order chi connectivity index (χ0) is 13.5. The maximum absolute atomic E-state index is 5.48. The molecule has 1 aromatic heterocycles. The quantitative estimate of drug-likeness (QED) is 0.760. The highest BCUT2D eigenvalue weighted by molar-refractivity contribution is 9.10. The molecule has 102 valence electrons. The monoisotopic (exact) mass is 321 g/mol. The molecule has 0 aliphatic heterocycles. The van der Waals surface area contributed by atoms with Crippen molar-refractivity contribution in [1.29, 1.82) is 0 Å². The zero-order valence-corrected chi connectivity index (χ0v) is 12.6. The number of aromatic nitrogens is 2. The Morgan fingerprint density at radius 2 is 1.89 bits per heavy atom. The van der Waals surface area contributed by atoms with Crippen molar-refractivity contribution in [1.82, 2.24) is 9.97 Å². The zero-order valence-electron chi connectivity index (χ0n) is 11.0. The molecule has 0 unspecified atom stereocenters. The molecule has 4 heteroatoms. The first-order chi connectivity index (χ1) is 9.31. The van der Waals surface area contributed by atoms with Gasteiger partial charge in [0, 0.05) is 16.5 Å². The van der Waals surface area contributed by atoms with Gasteiger partial charge in [-0.3, -0.25) is 0 Å². The lowest BCUT2D eigenvalue weighted by molar-refractivity contribution is 0.638. The van der Waals surface area contributed by atoms with E-state index < -0.39 is 0 Å². The Morgan fingerprint density at radius 3 is 2.68 bits per heavy atom. The Hall–Kier alpha value is -1.13. The van der Waals surface area contributed by atoms with Crippen LogP contribution in [0.15, 0.2) is 34.9 Å². The molecule has 1 heterocycles. The molecular formula is C15H20BrN3. The molecule has 3 nitrogen and oxygen atoms in total. The van der Waals surface area contributed by atoms with Gasteiger partial charge in [0.25, 0.3) is 0 Å². The van der Waals surface area contributed by atoms with Crippen molar-refractivity contribution in [2.24, 2.45) is 5.73 Å². The van der Waals surface area contributed by atoms with Gasteiger partial charge in [-0.2, -0.15) is 0 Å². The van der Waals surface area contributed by atoms with Crippen LogP contribution >= 0.6 is 15.9 Å². The molecule has 0 saturated heterocycles. The van der Waals surface area contributed by atoms with Crippen molar-refractivity contribution < 1.29 is 0 Å². The topological polar surface area (TPSA) is 54.7 Å². The van der Waals surface area contributed by atoms with Crippen LogP contribution in [0.2, 0.25) is 0 Å². The van der Waals surface area contributed by atoms with Crippen molar-refractivity contribution in [2.45, 2.75) is 32.1 Å². The summed E-state index contributed by atoms with van der Waals surface area (Å²) < 4.78 is 1.09. The van der Waals surface area contributed by atoms with E-state index in [1.54, 1.807) is 0 Å². The van der Waals surface area contributed by atoms with Crippen molar-refractivity contribution in [3.05, 3.63) is 40.8 Å². The van der Waals surface area contributed by atoms with Crippen LogP contribution in [-0.2, 0) is 6.42 Å². The fourth-order valence-corrected chi connectivity index (χ4v) is 2.59. The van der Waals surface area contributed by atoms with E-state index in [0.29, 0.717) is 0 Å². The van der Waals surface area contributed by atoms with Crippen LogP contribution in [0.5, 0.6) is 0 Å². The van der Waals surface area contributed by atoms with Gasteiger partial charge in [-0.05, 0) is 25.5 Å². The highest BCUT2D eigenvalue weighted by Gasteiger charge is 2.06. The third-order valence-electron chi connectivity index (χ3n) is 3.16. The molecule has 0 saturated carbocycles. The number of hydrogen-bond acceptors (Lipinski definition) is 2. The fourth-order valence-electron chi connectivity index (χ4n) is 2.10. The van der Waals surface area contributed by atoms with Gasteiger partial charge in [0.15, 0.2) is 0 Å². The van der Waals surface area contributed by atoms with Crippen LogP contribution < -0.4 is 5.73 Å². The second-order valence-corrected chi connectivity index (χ2v) is 5.53. The van der Waals surface area contributed by atoms with E-state index in [2.05, 4.69) is 32.0 Å². The number of unbranched alkanes of at least 4 members (excludes halogenated alkanes) is 3. The summed E-state index contributed by atoms with van der Waals surface area (Å²) in [4.78, 5) is 7.85. The molecule has 0 fully saturated rings. The van der Waals surface area contributed by atoms with E-state index in [-0.39, 0.29) is 0 Å². The van der Waals surface area contributed by atoms with Crippen molar-refractivity contribution >= 4 is 15.9 Å². The molecule has 3 N–H and O–H groups in total. The number of benzene rings is 1. The summed E-state index contributed by atoms with van der Waals surface area (Å²) >= 11 is 3.56. The molecule has 0 aliphatic carbocycles. The third kappa shape index (κ3) is 4.18. The summed E-state index contributed by atoms with van der Waals surface area (Å²) in [5.74, 6) is 1.07. The standard InChI is InChI=1S/C15H20BrN3/c16-13-8-5-4-7-12(13)14-11-18-15(19-14)9-3-1-2-6-10-17/h4-5,7-8,11H,1-3,6,9-10,17H2,(H,18,19). The highest BCUT2D eigenvalue weighted by atomic mass is 79.9. The number of imidazole rings is 1. The Morgan fingerprint density at radius 1 is 1.11 bits per heavy atom. The van der Waals surface area contributed by atoms with E-state index >= 15 is 0 Å². The predicted octanol–water partition coefficient (Wildman–Crippen LogP) is 3.90. The van der Waals surface area contributed by atoms with Crippen LogP contribution in [0.4, 0.5) is 0 Å². The van der Waals surface area contributed by atoms with E-state index in [0.717, 1.165) is 40.9 Å². The summed E-state index contributed by atoms with van der Waals surface area (Å²) in [6.45, 7) is 0.799. The molecule has 0 amide bonds. The number of halogens is 1. The predicted molar refractivity (Wildman–Crippen MR) is 83.0 cm³/mol. The van der Waals surface area contributed by atoms with Crippen LogP contribution in [0.1, 0.15) is 31.5 Å². The first-order valence-corrected chi connectivity index (χ1v) is 7.59. The minimum absolute atomic E-state index is 0.799. The summed E-state index contributed by atoms with van der Waals surface area (Å²) in [7, 11) is 0. The maximum atomic E-state index is 5.48. The molecule has 1 aromatic carbocycles. The molecule has 0 radical (unpaired) electrons. The van der Waals surface area contributed by atoms with Gasteiger partial charge < -0.3 is 10.7 Å². The molecule has 2 rings (SSSR count). The van der Waals surface area contributed by atoms with Gasteiger partial charge in [-0.15, -0.1) is 0 Å². The van der Waals surface area contributed by atoms with E-state index in [9.17, 15) is 0 Å². The van der Waals surface area contributed by atoms with Crippen LogP contribution in [0, 0.1) is 0 Å². The van der Waals surface area contributed by atoms with Gasteiger partial charge in [0.1, 0.15) is 5.82 Å². The normalized spacial score (nSPS) is 10.8. The van der Waals surface area contributed by atoms with E-state index in [4.69, 9.17) is 5.73 Å².